The molecule has 1 unspecified atom stereocenters. The van der Waals surface area contributed by atoms with E-state index in [1.165, 1.54) is 0 Å². The van der Waals surface area contributed by atoms with Gasteiger partial charge in [-0.1, -0.05) is 37.0 Å². The van der Waals surface area contributed by atoms with Crippen molar-refractivity contribution in [1.82, 2.24) is 0 Å². The number of hydrogen-bond donors (Lipinski definition) is 1. The molecular formula is C13H19Cl2N. The largest absolute Gasteiger partial charge is 0.328 e. The first-order chi connectivity index (χ1) is 7.49. The van der Waals surface area contributed by atoms with Gasteiger partial charge in [0, 0.05) is 16.1 Å². The molecule has 0 fully saturated rings. The van der Waals surface area contributed by atoms with Gasteiger partial charge in [-0.05, 0) is 48.9 Å². The Morgan fingerprint density at radius 1 is 1.25 bits per heavy atom. The van der Waals surface area contributed by atoms with Gasteiger partial charge in [-0.15, -0.1) is 0 Å². The van der Waals surface area contributed by atoms with Gasteiger partial charge < -0.3 is 5.73 Å². The van der Waals surface area contributed by atoms with Crippen molar-refractivity contribution < 1.29 is 0 Å². The first kappa shape index (κ1) is 13.8. The summed E-state index contributed by atoms with van der Waals surface area (Å²) in [5, 5.41) is 1.51. The zero-order valence-corrected chi connectivity index (χ0v) is 11.4. The maximum atomic E-state index is 6.09. The Bertz CT molecular complexity index is 337. The predicted molar refractivity (Wildman–Crippen MR) is 72.2 cm³/mol. The molecule has 1 rings (SSSR count). The van der Waals surface area contributed by atoms with Crippen LogP contribution in [0.1, 0.15) is 32.3 Å². The maximum absolute atomic E-state index is 6.09. The van der Waals surface area contributed by atoms with E-state index in [0.717, 1.165) is 34.9 Å². The van der Waals surface area contributed by atoms with E-state index in [1.54, 1.807) is 6.07 Å². The van der Waals surface area contributed by atoms with Crippen molar-refractivity contribution in [3.8, 4) is 0 Å². The average molecular weight is 260 g/mol. The van der Waals surface area contributed by atoms with E-state index in [4.69, 9.17) is 28.9 Å². The lowest BCUT2D eigenvalue weighted by Gasteiger charge is -2.14. The summed E-state index contributed by atoms with van der Waals surface area (Å²) < 4.78 is 0. The number of nitrogens with two attached hydrogens (primary N) is 1. The minimum atomic E-state index is 0.245. The number of rotatable bonds is 5. The van der Waals surface area contributed by atoms with Crippen LogP contribution in [0, 0.1) is 5.92 Å². The van der Waals surface area contributed by atoms with Crippen LogP contribution < -0.4 is 5.73 Å². The Hall–Kier alpha value is -0.240. The minimum Gasteiger partial charge on any atom is -0.328 e. The molecule has 2 N–H and O–H groups in total. The van der Waals surface area contributed by atoms with Crippen molar-refractivity contribution in [3.05, 3.63) is 33.8 Å². The second-order valence-electron chi connectivity index (χ2n) is 4.66. The SMILES string of the molecule is CC(C)CC(N)CCc1cc(Cl)ccc1Cl. The fourth-order valence-corrected chi connectivity index (χ4v) is 2.21. The van der Waals surface area contributed by atoms with Crippen LogP contribution in [0.25, 0.3) is 0 Å². The molecule has 0 spiro atoms. The zero-order chi connectivity index (χ0) is 12.1. The molecule has 0 aromatic heterocycles. The molecule has 1 atom stereocenters. The molecule has 90 valence electrons. The van der Waals surface area contributed by atoms with E-state index in [-0.39, 0.29) is 6.04 Å². The molecule has 0 aliphatic carbocycles. The predicted octanol–water partition coefficient (Wildman–Crippen LogP) is 4.30. The molecule has 1 aromatic carbocycles. The van der Waals surface area contributed by atoms with Gasteiger partial charge in [-0.2, -0.15) is 0 Å². The molecule has 3 heteroatoms. The van der Waals surface area contributed by atoms with Crippen LogP contribution in [0.5, 0.6) is 0 Å². The molecule has 0 aliphatic heterocycles. The Balaban J connectivity index is 2.51. The van der Waals surface area contributed by atoms with Gasteiger partial charge >= 0.3 is 0 Å². The van der Waals surface area contributed by atoms with Gasteiger partial charge in [0.25, 0.3) is 0 Å². The molecule has 0 amide bonds. The third-order valence-electron chi connectivity index (χ3n) is 2.57. The van der Waals surface area contributed by atoms with Crippen molar-refractivity contribution in [2.75, 3.05) is 0 Å². The third kappa shape index (κ3) is 4.73. The molecule has 0 saturated heterocycles. The van der Waals surface area contributed by atoms with E-state index in [9.17, 15) is 0 Å². The van der Waals surface area contributed by atoms with Crippen molar-refractivity contribution in [2.45, 2.75) is 39.2 Å². The molecule has 0 saturated carbocycles. The highest BCUT2D eigenvalue weighted by Crippen LogP contribution is 2.22. The summed E-state index contributed by atoms with van der Waals surface area (Å²) in [5.41, 5.74) is 7.13. The Morgan fingerprint density at radius 3 is 2.56 bits per heavy atom. The highest BCUT2D eigenvalue weighted by Gasteiger charge is 2.08. The van der Waals surface area contributed by atoms with Crippen LogP contribution >= 0.6 is 23.2 Å². The number of hydrogen-bond acceptors (Lipinski definition) is 1. The van der Waals surface area contributed by atoms with Crippen molar-refractivity contribution >= 4 is 23.2 Å². The highest BCUT2D eigenvalue weighted by molar-refractivity contribution is 6.33. The van der Waals surface area contributed by atoms with Crippen LogP contribution in [0.3, 0.4) is 0 Å². The molecule has 0 bridgehead atoms. The van der Waals surface area contributed by atoms with Crippen LogP contribution in [0.4, 0.5) is 0 Å². The fourth-order valence-electron chi connectivity index (χ4n) is 1.80. The summed E-state index contributed by atoms with van der Waals surface area (Å²) in [6, 6.07) is 5.82. The summed E-state index contributed by atoms with van der Waals surface area (Å²) in [5.74, 6) is 0.643. The van der Waals surface area contributed by atoms with E-state index >= 15 is 0 Å². The van der Waals surface area contributed by atoms with E-state index in [0.29, 0.717) is 5.92 Å². The third-order valence-corrected chi connectivity index (χ3v) is 3.17. The van der Waals surface area contributed by atoms with Gasteiger partial charge in [-0.25, -0.2) is 0 Å². The summed E-state index contributed by atoms with van der Waals surface area (Å²) in [6.07, 6.45) is 2.91. The van der Waals surface area contributed by atoms with E-state index < -0.39 is 0 Å². The first-order valence-electron chi connectivity index (χ1n) is 5.68. The fraction of sp³-hybridized carbons (Fsp3) is 0.538. The summed E-state index contributed by atoms with van der Waals surface area (Å²) in [7, 11) is 0. The Kier molecular flexibility index (Phi) is 5.60. The maximum Gasteiger partial charge on any atom is 0.0439 e. The quantitative estimate of drug-likeness (QED) is 0.839. The van der Waals surface area contributed by atoms with Gasteiger partial charge in [0.05, 0.1) is 0 Å². The monoisotopic (exact) mass is 259 g/mol. The standard InChI is InChI=1S/C13H19Cl2N/c1-9(2)7-12(16)5-3-10-8-11(14)4-6-13(10)15/h4,6,8-9,12H,3,5,7,16H2,1-2H3. The van der Waals surface area contributed by atoms with Gasteiger partial charge in [0.2, 0.25) is 0 Å². The van der Waals surface area contributed by atoms with Crippen molar-refractivity contribution in [1.29, 1.82) is 0 Å². The molecule has 0 heterocycles. The summed E-state index contributed by atoms with van der Waals surface area (Å²) in [6.45, 7) is 4.37. The topological polar surface area (TPSA) is 26.0 Å². The normalized spacial score (nSPS) is 13.1. The summed E-state index contributed by atoms with van der Waals surface area (Å²) in [4.78, 5) is 0. The Labute approximate surface area is 108 Å². The van der Waals surface area contributed by atoms with Crippen molar-refractivity contribution in [2.24, 2.45) is 11.7 Å². The van der Waals surface area contributed by atoms with Crippen LogP contribution in [0.15, 0.2) is 18.2 Å². The van der Waals surface area contributed by atoms with Crippen LogP contribution in [0.2, 0.25) is 10.0 Å². The van der Waals surface area contributed by atoms with Gasteiger partial charge in [0.15, 0.2) is 0 Å². The lowest BCUT2D eigenvalue weighted by atomic mass is 9.98. The van der Waals surface area contributed by atoms with E-state index in [2.05, 4.69) is 13.8 Å². The smallest absolute Gasteiger partial charge is 0.0439 e. The molecular weight excluding hydrogens is 241 g/mol. The molecule has 1 aromatic rings. The molecule has 0 aliphatic rings. The van der Waals surface area contributed by atoms with Gasteiger partial charge in [0.1, 0.15) is 0 Å². The second kappa shape index (κ2) is 6.48. The molecule has 1 nitrogen and oxygen atoms in total. The van der Waals surface area contributed by atoms with Crippen LogP contribution in [-0.4, -0.2) is 6.04 Å². The zero-order valence-electron chi connectivity index (χ0n) is 9.84. The highest BCUT2D eigenvalue weighted by atomic mass is 35.5. The van der Waals surface area contributed by atoms with Crippen molar-refractivity contribution in [3.63, 3.8) is 0 Å². The number of halogens is 2. The average Bonchev–Trinajstić information content (AvgIpc) is 2.18. The second-order valence-corrected chi connectivity index (χ2v) is 5.51. The lowest BCUT2D eigenvalue weighted by Crippen LogP contribution is -2.22. The minimum absolute atomic E-state index is 0.245. The number of aryl methyl sites for hydroxylation is 1. The molecule has 0 radical (unpaired) electrons. The van der Waals surface area contributed by atoms with E-state index in [1.807, 2.05) is 12.1 Å². The first-order valence-corrected chi connectivity index (χ1v) is 6.44. The lowest BCUT2D eigenvalue weighted by molar-refractivity contribution is 0.473. The number of benzene rings is 1. The van der Waals surface area contributed by atoms with Gasteiger partial charge in [-0.3, -0.25) is 0 Å². The summed E-state index contributed by atoms with van der Waals surface area (Å²) >= 11 is 12.0. The van der Waals surface area contributed by atoms with Crippen LogP contribution in [-0.2, 0) is 6.42 Å². The molecule has 16 heavy (non-hydrogen) atoms. The Morgan fingerprint density at radius 2 is 1.94 bits per heavy atom.